The molecule has 0 aromatic heterocycles. The molecule has 23 atom stereocenters. The lowest BCUT2D eigenvalue weighted by Crippen LogP contribution is -2.71. The van der Waals surface area contributed by atoms with Gasteiger partial charge in [0.05, 0.1) is 31.9 Å². The number of carbonyl (C=O) groups is 7. The van der Waals surface area contributed by atoms with E-state index in [1.165, 1.54) is 0 Å². The number of urea groups is 1. The largest absolute Gasteiger partial charge is 0.479 e. The Bertz CT molecular complexity index is 2600. The van der Waals surface area contributed by atoms with E-state index in [2.05, 4.69) is 36.1 Å². The van der Waals surface area contributed by atoms with Gasteiger partial charge in [0.25, 0.3) is 0 Å². The molecule has 6 rings (SSSR count). The number of thioether (sulfide) groups is 1. The highest BCUT2D eigenvalue weighted by molar-refractivity contribution is 8.00. The van der Waals surface area contributed by atoms with Crippen molar-refractivity contribution in [1.29, 1.82) is 0 Å². The molecule has 6 heterocycles. The van der Waals surface area contributed by atoms with Crippen molar-refractivity contribution in [3.8, 4) is 0 Å². The molecule has 6 fully saturated rings. The Morgan fingerprint density at radius 2 is 1.08 bits per heavy atom. The third kappa shape index (κ3) is 19.8. The summed E-state index contributed by atoms with van der Waals surface area (Å²) in [6, 6.07) is -3.95. The fourth-order valence-corrected chi connectivity index (χ4v) is 13.1. The Kier molecular flexibility index (Phi) is 26.4. The normalized spacial score (nSPS) is 37.0. The van der Waals surface area contributed by atoms with Crippen LogP contribution in [-0.2, 0) is 95.8 Å². The van der Waals surface area contributed by atoms with Crippen molar-refractivity contribution in [2.24, 2.45) is 0 Å². The SMILES string of the molecule is CC(=O)N[C@H]1[C@H](O[C@H]2[C@H](O)[C@@H](O)[C@H](O[C@@H]3[C@@H](NC(C)=O)[C@H](OCCNC(=O)CCCCCNC(=O)CCCC[C@@H]4SC[C@@H]5NC(=O)N[C@@H]54)O[C@H](CO)[C@@H]3OS(=O)(=O)O)O[C@@H]2C(=O)O)O[C@H](CO)[C@H](OS(=O)(=O)O)[C@@H]1O[C@@H]1O[C@H](C(=O)O)[C@@H](O)[C@H](O)[C@H]1O. The zero-order valence-electron chi connectivity index (χ0n) is 46.4. The zero-order valence-corrected chi connectivity index (χ0v) is 48.8. The molecule has 0 unspecified atom stereocenters. The number of ether oxygens (including phenoxy) is 8. The second kappa shape index (κ2) is 32.0. The first-order chi connectivity index (χ1) is 40.9. The molecule has 6 aliphatic rings. The first-order valence-corrected chi connectivity index (χ1v) is 31.0. The summed E-state index contributed by atoms with van der Waals surface area (Å²) in [6.07, 6.45) is -37.6. The van der Waals surface area contributed by atoms with Crippen molar-refractivity contribution in [1.82, 2.24) is 31.9 Å². The number of aliphatic hydroxyl groups excluding tert-OH is 7. The fourth-order valence-electron chi connectivity index (χ4n) is 10.5. The molecule has 0 saturated carbocycles. The van der Waals surface area contributed by atoms with Crippen LogP contribution >= 0.6 is 11.8 Å². The lowest BCUT2D eigenvalue weighted by Gasteiger charge is -2.50. The number of carbonyl (C=O) groups excluding carboxylic acids is 5. The van der Waals surface area contributed by atoms with Crippen molar-refractivity contribution in [2.45, 2.75) is 205 Å². The average molecular weight is 1320 g/mol. The maximum absolute atomic E-state index is 13.0. The number of aliphatic hydroxyl groups is 7. The summed E-state index contributed by atoms with van der Waals surface area (Å²) in [5.74, 6) is -5.70. The van der Waals surface area contributed by atoms with E-state index < -0.39 is 193 Å². The highest BCUT2D eigenvalue weighted by atomic mass is 32.3. The number of unbranched alkanes of at least 4 members (excludes halogenated alkanes) is 3. The number of carboxylic acids is 2. The first kappa shape index (κ1) is 71.7. The molecular weight excluding hydrogens is 1240 g/mol. The molecule has 498 valence electrons. The van der Waals surface area contributed by atoms with Gasteiger partial charge in [-0.05, 0) is 25.7 Å². The minimum Gasteiger partial charge on any atom is -0.479 e. The molecule has 38 nitrogen and oxygen atoms in total. The van der Waals surface area contributed by atoms with Crippen LogP contribution in [-0.4, -0.2) is 292 Å². The molecule has 17 N–H and O–H groups in total. The van der Waals surface area contributed by atoms with Crippen molar-refractivity contribution in [3.05, 3.63) is 0 Å². The van der Waals surface area contributed by atoms with Gasteiger partial charge in [-0.15, -0.1) is 0 Å². The molecule has 0 radical (unpaired) electrons. The van der Waals surface area contributed by atoms with Crippen LogP contribution in [0.5, 0.6) is 0 Å². The lowest BCUT2D eigenvalue weighted by atomic mass is 9.94. The zero-order chi connectivity index (χ0) is 64.2. The van der Waals surface area contributed by atoms with Crippen LogP contribution in [0.1, 0.15) is 65.2 Å². The second-order valence-electron chi connectivity index (χ2n) is 20.9. The minimum atomic E-state index is -5.64. The summed E-state index contributed by atoms with van der Waals surface area (Å²) in [6.45, 7) is -1.01. The topological polar surface area (TPSA) is 575 Å². The average Bonchev–Trinajstić information content (AvgIpc) is 2.34. The van der Waals surface area contributed by atoms with E-state index in [1.54, 1.807) is 11.8 Å². The van der Waals surface area contributed by atoms with Crippen molar-refractivity contribution < 1.29 is 152 Å². The van der Waals surface area contributed by atoms with Gasteiger partial charge < -0.3 is 116 Å². The summed E-state index contributed by atoms with van der Waals surface area (Å²) in [4.78, 5) is 87.1. The minimum absolute atomic E-state index is 0.0547. The summed E-state index contributed by atoms with van der Waals surface area (Å²) < 4.78 is 123. The van der Waals surface area contributed by atoms with Crippen molar-refractivity contribution in [3.63, 3.8) is 0 Å². The van der Waals surface area contributed by atoms with Crippen LogP contribution in [0, 0.1) is 0 Å². The van der Waals surface area contributed by atoms with Crippen LogP contribution in [0.25, 0.3) is 0 Å². The van der Waals surface area contributed by atoms with Gasteiger partial charge in [-0.2, -0.15) is 28.6 Å². The molecule has 6 aliphatic heterocycles. The monoisotopic (exact) mass is 1320 g/mol. The van der Waals surface area contributed by atoms with E-state index in [9.17, 15) is 105 Å². The third-order valence-corrected chi connectivity index (χ3v) is 17.0. The Morgan fingerprint density at radius 3 is 1.61 bits per heavy atom. The Morgan fingerprint density at radius 1 is 0.586 bits per heavy atom. The van der Waals surface area contributed by atoms with Gasteiger partial charge >= 0.3 is 38.8 Å². The van der Waals surface area contributed by atoms with Gasteiger partial charge in [0.2, 0.25) is 23.6 Å². The molecule has 0 spiro atoms. The van der Waals surface area contributed by atoms with E-state index >= 15 is 0 Å². The highest BCUT2D eigenvalue weighted by Crippen LogP contribution is 2.37. The lowest BCUT2D eigenvalue weighted by molar-refractivity contribution is -0.367. The molecule has 0 aromatic rings. The number of carboxylic acid groups (broad SMARTS) is 2. The molecule has 6 amide bonds. The predicted octanol–water partition coefficient (Wildman–Crippen LogP) is -8.08. The Balaban J connectivity index is 1.10. The first-order valence-electron chi connectivity index (χ1n) is 27.3. The molecule has 0 aromatic carbocycles. The summed E-state index contributed by atoms with van der Waals surface area (Å²) >= 11 is 1.80. The summed E-state index contributed by atoms with van der Waals surface area (Å²) in [7, 11) is -11.2. The van der Waals surface area contributed by atoms with Gasteiger partial charge in [-0.3, -0.25) is 28.3 Å². The molecule has 41 heteroatoms. The predicted molar refractivity (Wildman–Crippen MR) is 281 cm³/mol. The van der Waals surface area contributed by atoms with Crippen LogP contribution < -0.4 is 31.9 Å². The van der Waals surface area contributed by atoms with E-state index in [0.29, 0.717) is 43.9 Å². The number of fused-ring (bicyclic) bond motifs is 1. The number of hydrogen-bond acceptors (Lipinski definition) is 29. The number of hydrogen-bond donors (Lipinski definition) is 17. The molecule has 0 aliphatic carbocycles. The Labute approximate surface area is 500 Å². The standard InChI is InChI=1S/C46H74N6O32S3/c1-17(55)49-26-35(33(83-86(69,70)71)20(14-53)76-42(26)75-13-12-48-24(58)9-4-3-7-11-47-23(57)10-6-5-8-22-25-19(16-85-22)51-46(68)52-25)78-45-32(63)30(61)37(39(82-45)41(66)67)80-43-27(50-18(2)56)36(34(21(15-54)77-43)84-87(72,73)74)79-44-31(62)28(59)29(60)38(81-44)40(64)65/h19-22,25-39,42-45,53-54,59-63H,3-16H2,1-2H3,(H,47,57)(H,48,58)(H,49,55)(H,50,56)(H,64,65)(H,66,67)(H2,51,52,68)(H,69,70,71)(H,72,73,74)/t19-,20+,21+,22-,25-,26+,27+,28-,29-,30+,31+,32+,33-,34-,35+,36+,37-,38-,39-,42+,43-,44+,45+/m0/s1. The number of aliphatic carboxylic acids is 2. The maximum Gasteiger partial charge on any atom is 0.397 e. The smallest absolute Gasteiger partial charge is 0.397 e. The molecule has 0 bridgehead atoms. The highest BCUT2D eigenvalue weighted by Gasteiger charge is 2.59. The molecule has 87 heavy (non-hydrogen) atoms. The molecular formula is C46H74N6O32S3. The van der Waals surface area contributed by atoms with Crippen molar-refractivity contribution in [2.75, 3.05) is 38.7 Å². The van der Waals surface area contributed by atoms with E-state index in [4.69, 9.17) is 42.1 Å². The van der Waals surface area contributed by atoms with Gasteiger partial charge in [0.15, 0.2) is 37.4 Å². The van der Waals surface area contributed by atoms with Crippen LogP contribution in [0.4, 0.5) is 4.79 Å². The van der Waals surface area contributed by atoms with Gasteiger partial charge in [0, 0.05) is 50.8 Å². The Hall–Kier alpha value is -4.42. The number of amides is 6. The summed E-state index contributed by atoms with van der Waals surface area (Å²) in [5.41, 5.74) is 0. The van der Waals surface area contributed by atoms with Crippen LogP contribution in [0.2, 0.25) is 0 Å². The fraction of sp³-hybridized carbons (Fsp3) is 0.848. The molecule has 6 saturated heterocycles. The second-order valence-corrected chi connectivity index (χ2v) is 24.3. The summed E-state index contributed by atoms with van der Waals surface area (Å²) in [5, 5.41) is 112. The van der Waals surface area contributed by atoms with Crippen LogP contribution in [0.3, 0.4) is 0 Å². The van der Waals surface area contributed by atoms with Gasteiger partial charge in [-0.1, -0.05) is 12.8 Å². The quantitative estimate of drug-likeness (QED) is 0.0174. The van der Waals surface area contributed by atoms with E-state index in [1.807, 2.05) is 0 Å². The number of rotatable bonds is 31. The van der Waals surface area contributed by atoms with E-state index in [0.717, 1.165) is 32.4 Å². The number of nitrogens with one attached hydrogen (secondary N) is 6. The van der Waals surface area contributed by atoms with Gasteiger partial charge in [-0.25, -0.2) is 22.7 Å². The maximum atomic E-state index is 13.0. The van der Waals surface area contributed by atoms with Gasteiger partial charge in [0.1, 0.15) is 85.3 Å². The van der Waals surface area contributed by atoms with E-state index in [-0.39, 0.29) is 37.0 Å². The third-order valence-electron chi connectivity index (χ3n) is 14.5. The van der Waals surface area contributed by atoms with Crippen LogP contribution in [0.15, 0.2) is 0 Å². The van der Waals surface area contributed by atoms with Crippen molar-refractivity contribution >= 4 is 74.2 Å².